The highest BCUT2D eigenvalue weighted by molar-refractivity contribution is 5.66. The Balaban J connectivity index is 3.76. The summed E-state index contributed by atoms with van der Waals surface area (Å²) >= 11 is 0. The van der Waals surface area contributed by atoms with Crippen molar-refractivity contribution in [3.8, 4) is 0 Å². The van der Waals surface area contributed by atoms with E-state index < -0.39 is 5.97 Å². The molecule has 0 aliphatic carbocycles. The molecule has 0 saturated carbocycles. The van der Waals surface area contributed by atoms with Crippen molar-refractivity contribution in [2.24, 2.45) is 5.92 Å². The second kappa shape index (κ2) is 9.64. The zero-order valence-electron chi connectivity index (χ0n) is 11.0. The minimum Gasteiger partial charge on any atom is -0.481 e. The molecule has 3 heteroatoms. The molecule has 0 unspecified atom stereocenters. The molecule has 0 aliphatic rings. The molecule has 0 amide bonds. The number of carboxylic acid groups (broad SMARTS) is 1. The lowest BCUT2D eigenvalue weighted by Crippen LogP contribution is -2.31. The summed E-state index contributed by atoms with van der Waals surface area (Å²) in [5.74, 6) is -0.0812. The van der Waals surface area contributed by atoms with Crippen molar-refractivity contribution in [2.75, 3.05) is 19.6 Å². The van der Waals surface area contributed by atoms with Gasteiger partial charge in [0.05, 0.1) is 6.42 Å². The van der Waals surface area contributed by atoms with E-state index in [0.717, 1.165) is 13.1 Å². The Morgan fingerprint density at radius 2 is 1.88 bits per heavy atom. The highest BCUT2D eigenvalue weighted by Gasteiger charge is 2.08. The van der Waals surface area contributed by atoms with E-state index in [0.29, 0.717) is 12.5 Å². The number of hydrogen-bond acceptors (Lipinski definition) is 2. The average molecular weight is 229 g/mol. The Hall–Kier alpha value is -0.570. The molecule has 0 atom stereocenters. The van der Waals surface area contributed by atoms with E-state index in [1.165, 1.54) is 25.7 Å². The Bertz CT molecular complexity index is 181. The van der Waals surface area contributed by atoms with Gasteiger partial charge in [-0.3, -0.25) is 4.79 Å². The third kappa shape index (κ3) is 9.97. The van der Waals surface area contributed by atoms with Crippen LogP contribution in [-0.2, 0) is 4.79 Å². The van der Waals surface area contributed by atoms with Crippen molar-refractivity contribution in [3.63, 3.8) is 0 Å². The average Bonchev–Trinajstić information content (AvgIpc) is 2.19. The van der Waals surface area contributed by atoms with E-state index in [4.69, 9.17) is 5.11 Å². The molecule has 1 N–H and O–H groups in total. The summed E-state index contributed by atoms with van der Waals surface area (Å²) in [6, 6.07) is 0. The van der Waals surface area contributed by atoms with Gasteiger partial charge in [-0.2, -0.15) is 0 Å². The molecule has 0 bridgehead atoms. The number of carbonyl (C=O) groups is 1. The van der Waals surface area contributed by atoms with E-state index in [1.807, 2.05) is 0 Å². The number of rotatable bonds is 10. The van der Waals surface area contributed by atoms with E-state index >= 15 is 0 Å². The van der Waals surface area contributed by atoms with E-state index in [1.54, 1.807) is 0 Å². The first-order chi connectivity index (χ1) is 7.56. The van der Waals surface area contributed by atoms with E-state index in [9.17, 15) is 4.79 Å². The van der Waals surface area contributed by atoms with Crippen molar-refractivity contribution in [3.05, 3.63) is 0 Å². The van der Waals surface area contributed by atoms with E-state index in [-0.39, 0.29) is 6.42 Å². The first-order valence-electron chi connectivity index (χ1n) is 6.50. The number of carboxylic acids is 1. The molecule has 0 saturated heterocycles. The third-order valence-electron chi connectivity index (χ3n) is 2.59. The lowest BCUT2D eigenvalue weighted by Gasteiger charge is -2.23. The second-order valence-electron chi connectivity index (χ2n) is 4.90. The summed E-state index contributed by atoms with van der Waals surface area (Å²) in [5.41, 5.74) is 0. The lowest BCUT2D eigenvalue weighted by molar-refractivity contribution is -0.137. The quantitative estimate of drug-likeness (QED) is 0.585. The molecule has 16 heavy (non-hydrogen) atoms. The van der Waals surface area contributed by atoms with Crippen molar-refractivity contribution >= 4 is 5.97 Å². The molecule has 0 radical (unpaired) electrons. The summed E-state index contributed by atoms with van der Waals surface area (Å²) in [4.78, 5) is 12.8. The number of aliphatic carboxylic acids is 1. The molecular formula is C13H27NO2. The molecular weight excluding hydrogens is 202 g/mol. The van der Waals surface area contributed by atoms with Gasteiger partial charge in [-0.15, -0.1) is 0 Å². The molecule has 0 spiro atoms. The predicted molar refractivity (Wildman–Crippen MR) is 67.7 cm³/mol. The van der Waals surface area contributed by atoms with Crippen LogP contribution in [-0.4, -0.2) is 35.6 Å². The van der Waals surface area contributed by atoms with Crippen LogP contribution in [0, 0.1) is 5.92 Å². The van der Waals surface area contributed by atoms with Crippen LogP contribution in [0.4, 0.5) is 0 Å². The van der Waals surface area contributed by atoms with Crippen LogP contribution in [0.3, 0.4) is 0 Å². The van der Waals surface area contributed by atoms with Crippen molar-refractivity contribution in [1.82, 2.24) is 4.90 Å². The first kappa shape index (κ1) is 15.4. The predicted octanol–water partition coefficient (Wildman–Crippen LogP) is 3.00. The highest BCUT2D eigenvalue weighted by atomic mass is 16.4. The molecule has 0 aliphatic heterocycles. The third-order valence-corrected chi connectivity index (χ3v) is 2.59. The standard InChI is InChI=1S/C13H27NO2/c1-4-5-6-7-9-14(11-12(2)3)10-8-13(15)16/h12H,4-11H2,1-3H3,(H,15,16). The first-order valence-corrected chi connectivity index (χ1v) is 6.50. The maximum absolute atomic E-state index is 10.5. The van der Waals surface area contributed by atoms with Crippen molar-refractivity contribution in [2.45, 2.75) is 52.9 Å². The molecule has 3 nitrogen and oxygen atoms in total. The molecule has 0 heterocycles. The number of nitrogens with zero attached hydrogens (tertiary/aromatic N) is 1. The fourth-order valence-electron chi connectivity index (χ4n) is 1.83. The molecule has 0 aromatic carbocycles. The minimum atomic E-state index is -0.692. The van der Waals surface area contributed by atoms with Crippen LogP contribution in [0.2, 0.25) is 0 Å². The van der Waals surface area contributed by atoms with Gasteiger partial charge in [0.1, 0.15) is 0 Å². The summed E-state index contributed by atoms with van der Waals surface area (Å²) in [6.45, 7) is 9.32. The minimum absolute atomic E-state index is 0.264. The molecule has 0 aromatic heterocycles. The molecule has 96 valence electrons. The Kier molecular flexibility index (Phi) is 9.30. The van der Waals surface area contributed by atoms with Gasteiger partial charge >= 0.3 is 5.97 Å². The van der Waals surface area contributed by atoms with Gasteiger partial charge in [0.25, 0.3) is 0 Å². The van der Waals surface area contributed by atoms with Crippen LogP contribution in [0.15, 0.2) is 0 Å². The topological polar surface area (TPSA) is 40.5 Å². The van der Waals surface area contributed by atoms with Gasteiger partial charge in [-0.25, -0.2) is 0 Å². The molecule has 0 rings (SSSR count). The Labute approximate surface area is 99.8 Å². The van der Waals surface area contributed by atoms with Gasteiger partial charge in [0, 0.05) is 13.1 Å². The summed E-state index contributed by atoms with van der Waals surface area (Å²) < 4.78 is 0. The van der Waals surface area contributed by atoms with Crippen molar-refractivity contribution < 1.29 is 9.90 Å². The summed E-state index contributed by atoms with van der Waals surface area (Å²) in [5, 5.41) is 8.68. The monoisotopic (exact) mass is 229 g/mol. The highest BCUT2D eigenvalue weighted by Crippen LogP contribution is 2.05. The van der Waals surface area contributed by atoms with Crippen molar-refractivity contribution in [1.29, 1.82) is 0 Å². The van der Waals surface area contributed by atoms with Gasteiger partial charge in [0.15, 0.2) is 0 Å². The van der Waals surface area contributed by atoms with E-state index in [2.05, 4.69) is 25.7 Å². The normalized spacial score (nSPS) is 11.3. The smallest absolute Gasteiger partial charge is 0.304 e. The maximum Gasteiger partial charge on any atom is 0.304 e. The zero-order valence-corrected chi connectivity index (χ0v) is 11.0. The van der Waals surface area contributed by atoms with Gasteiger partial charge in [-0.05, 0) is 18.9 Å². The second-order valence-corrected chi connectivity index (χ2v) is 4.90. The largest absolute Gasteiger partial charge is 0.481 e. The molecule has 0 fully saturated rings. The summed E-state index contributed by atoms with van der Waals surface area (Å²) in [7, 11) is 0. The van der Waals surface area contributed by atoms with Crippen LogP contribution in [0.25, 0.3) is 0 Å². The lowest BCUT2D eigenvalue weighted by atomic mass is 10.1. The van der Waals surface area contributed by atoms with Crippen LogP contribution < -0.4 is 0 Å². The SMILES string of the molecule is CCCCCCN(CCC(=O)O)CC(C)C. The van der Waals surface area contributed by atoms with Gasteiger partial charge in [0.2, 0.25) is 0 Å². The van der Waals surface area contributed by atoms with Crippen LogP contribution in [0.1, 0.15) is 52.9 Å². The zero-order chi connectivity index (χ0) is 12.4. The molecule has 0 aromatic rings. The fraction of sp³-hybridized carbons (Fsp3) is 0.923. The Morgan fingerprint density at radius 1 is 1.19 bits per heavy atom. The van der Waals surface area contributed by atoms with Crippen LogP contribution >= 0.6 is 0 Å². The summed E-state index contributed by atoms with van der Waals surface area (Å²) in [6.07, 6.45) is 5.26. The number of hydrogen-bond donors (Lipinski definition) is 1. The van der Waals surface area contributed by atoms with Gasteiger partial charge < -0.3 is 10.0 Å². The fourth-order valence-corrected chi connectivity index (χ4v) is 1.83. The van der Waals surface area contributed by atoms with Crippen LogP contribution in [0.5, 0.6) is 0 Å². The maximum atomic E-state index is 10.5. The Morgan fingerprint density at radius 3 is 2.38 bits per heavy atom. The number of unbranched alkanes of at least 4 members (excludes halogenated alkanes) is 3. The van der Waals surface area contributed by atoms with Gasteiger partial charge in [-0.1, -0.05) is 40.0 Å².